The second-order valence-electron chi connectivity index (χ2n) is 7.09. The Balaban J connectivity index is 0.000000924. The highest BCUT2D eigenvalue weighted by atomic mass is 15.1. The Hall–Kier alpha value is -1.28. The number of hydrogen-bond acceptors (Lipinski definition) is 2. The summed E-state index contributed by atoms with van der Waals surface area (Å²) in [6.07, 6.45) is 6.79. The van der Waals surface area contributed by atoms with E-state index in [-0.39, 0.29) is 0 Å². The zero-order valence-electron chi connectivity index (χ0n) is 15.7. The van der Waals surface area contributed by atoms with Crippen LogP contribution >= 0.6 is 0 Å². The third-order valence-electron chi connectivity index (χ3n) is 6.24. The zero-order chi connectivity index (χ0) is 17.2. The zero-order valence-corrected chi connectivity index (χ0v) is 15.7. The molecule has 0 saturated carbocycles. The summed E-state index contributed by atoms with van der Waals surface area (Å²) in [5.41, 5.74) is 11.9. The van der Waals surface area contributed by atoms with Crippen molar-refractivity contribution in [3.63, 3.8) is 0 Å². The maximum absolute atomic E-state index is 6.24. The predicted molar refractivity (Wildman–Crippen MR) is 102 cm³/mol. The SMILES string of the molecule is C=CCCC12CCN(C)C(Cc3ccc(N)c(C)c31)C2C.CC. The van der Waals surface area contributed by atoms with E-state index in [2.05, 4.69) is 50.6 Å². The molecule has 2 aliphatic rings. The molecule has 0 radical (unpaired) electrons. The number of hydrogen-bond donors (Lipinski definition) is 1. The van der Waals surface area contributed by atoms with Crippen LogP contribution in [-0.4, -0.2) is 24.5 Å². The molecule has 1 aliphatic heterocycles. The van der Waals surface area contributed by atoms with Crippen LogP contribution in [-0.2, 0) is 11.8 Å². The first kappa shape index (κ1) is 18.1. The van der Waals surface area contributed by atoms with Crippen LogP contribution in [0.1, 0.15) is 56.7 Å². The molecule has 1 fully saturated rings. The number of piperidine rings is 1. The van der Waals surface area contributed by atoms with Crippen LogP contribution in [0.3, 0.4) is 0 Å². The number of fused-ring (bicyclic) bond motifs is 4. The quantitative estimate of drug-likeness (QED) is 0.647. The number of benzene rings is 1. The molecule has 1 saturated heterocycles. The van der Waals surface area contributed by atoms with E-state index in [0.29, 0.717) is 17.4 Å². The Morgan fingerprint density at radius 3 is 2.74 bits per heavy atom. The van der Waals surface area contributed by atoms with Gasteiger partial charge in [-0.15, -0.1) is 6.58 Å². The second-order valence-corrected chi connectivity index (χ2v) is 7.09. The predicted octanol–water partition coefficient (Wildman–Crippen LogP) is 4.70. The standard InChI is InChI=1S/C19H28N2.C2H6/c1-5-6-9-19-10-11-21(4)17(14(19)3)12-15-7-8-16(20)13(2)18(15)19;1-2/h5,7-8,14,17H,1,6,9-12,20H2,2-4H3;1-2H3. The van der Waals surface area contributed by atoms with Crippen molar-refractivity contribution >= 4 is 5.69 Å². The van der Waals surface area contributed by atoms with Crippen molar-refractivity contribution < 1.29 is 0 Å². The van der Waals surface area contributed by atoms with Gasteiger partial charge in [-0.1, -0.05) is 32.9 Å². The largest absolute Gasteiger partial charge is 0.399 e. The minimum absolute atomic E-state index is 0.290. The maximum atomic E-state index is 6.24. The lowest BCUT2D eigenvalue weighted by atomic mass is 9.55. The fraction of sp³-hybridized carbons (Fsp3) is 0.619. The lowest BCUT2D eigenvalue weighted by Gasteiger charge is -2.56. The molecule has 0 amide bonds. The first-order valence-corrected chi connectivity index (χ1v) is 9.21. The Bertz CT molecular complexity index is 563. The fourth-order valence-corrected chi connectivity index (χ4v) is 4.91. The van der Waals surface area contributed by atoms with Gasteiger partial charge in [0.25, 0.3) is 0 Å². The van der Waals surface area contributed by atoms with E-state index in [1.807, 2.05) is 13.8 Å². The average molecular weight is 315 g/mol. The van der Waals surface area contributed by atoms with Crippen LogP contribution in [0.15, 0.2) is 24.8 Å². The molecule has 3 unspecified atom stereocenters. The molecule has 0 spiro atoms. The molecule has 2 heteroatoms. The van der Waals surface area contributed by atoms with Gasteiger partial charge in [-0.3, -0.25) is 0 Å². The highest BCUT2D eigenvalue weighted by Crippen LogP contribution is 2.52. The van der Waals surface area contributed by atoms with Gasteiger partial charge in [0.15, 0.2) is 0 Å². The van der Waals surface area contributed by atoms with E-state index in [1.165, 1.54) is 36.9 Å². The summed E-state index contributed by atoms with van der Waals surface area (Å²) in [4.78, 5) is 2.56. The van der Waals surface area contributed by atoms with Crippen LogP contribution < -0.4 is 5.73 Å². The van der Waals surface area contributed by atoms with Gasteiger partial charge in [-0.05, 0) is 74.9 Å². The molecule has 2 bridgehead atoms. The van der Waals surface area contributed by atoms with Crippen molar-refractivity contribution in [2.75, 3.05) is 19.3 Å². The number of nitrogens with zero attached hydrogens (tertiary/aromatic N) is 1. The molecule has 1 aromatic rings. The highest BCUT2D eigenvalue weighted by molar-refractivity contribution is 5.57. The number of anilines is 1. The van der Waals surface area contributed by atoms with Gasteiger partial charge >= 0.3 is 0 Å². The molecule has 1 aromatic carbocycles. The van der Waals surface area contributed by atoms with Crippen LogP contribution in [0, 0.1) is 12.8 Å². The van der Waals surface area contributed by atoms with E-state index in [4.69, 9.17) is 5.73 Å². The Labute approximate surface area is 142 Å². The third kappa shape index (κ3) is 2.82. The number of nitrogen functional groups attached to an aromatic ring is 1. The normalized spacial score (nSPS) is 29.3. The van der Waals surface area contributed by atoms with Crippen LogP contribution in [0.5, 0.6) is 0 Å². The van der Waals surface area contributed by atoms with Gasteiger partial charge in [-0.2, -0.15) is 0 Å². The number of allylic oxidation sites excluding steroid dienone is 1. The molecular weight excluding hydrogens is 280 g/mol. The topological polar surface area (TPSA) is 29.3 Å². The van der Waals surface area contributed by atoms with Crippen molar-refractivity contribution in [3.05, 3.63) is 41.5 Å². The Morgan fingerprint density at radius 1 is 1.39 bits per heavy atom. The molecule has 1 aliphatic carbocycles. The second kappa shape index (κ2) is 7.09. The van der Waals surface area contributed by atoms with E-state index < -0.39 is 0 Å². The van der Waals surface area contributed by atoms with E-state index >= 15 is 0 Å². The average Bonchev–Trinajstić information content (AvgIpc) is 2.56. The summed E-state index contributed by atoms with van der Waals surface area (Å²) in [6.45, 7) is 13.8. The Kier molecular flexibility index (Phi) is 5.57. The highest BCUT2D eigenvalue weighted by Gasteiger charge is 2.50. The van der Waals surface area contributed by atoms with E-state index in [1.54, 1.807) is 5.56 Å². The lowest BCUT2D eigenvalue weighted by Crippen LogP contribution is -2.58. The van der Waals surface area contributed by atoms with Gasteiger partial charge < -0.3 is 10.6 Å². The van der Waals surface area contributed by atoms with Crippen molar-refractivity contribution in [1.29, 1.82) is 0 Å². The molecule has 1 heterocycles. The third-order valence-corrected chi connectivity index (χ3v) is 6.24. The molecule has 2 N–H and O–H groups in total. The van der Waals surface area contributed by atoms with E-state index in [0.717, 1.165) is 12.1 Å². The molecular formula is C21H34N2. The van der Waals surface area contributed by atoms with Gasteiger partial charge in [0.1, 0.15) is 0 Å². The summed E-state index contributed by atoms with van der Waals surface area (Å²) in [5, 5.41) is 0. The number of likely N-dealkylation sites (N-methyl/N-ethyl adjacent to an activating group) is 1. The van der Waals surface area contributed by atoms with Crippen LogP contribution in [0.4, 0.5) is 5.69 Å². The van der Waals surface area contributed by atoms with Crippen molar-refractivity contribution in [3.8, 4) is 0 Å². The molecule has 2 nitrogen and oxygen atoms in total. The van der Waals surface area contributed by atoms with Crippen LogP contribution in [0.2, 0.25) is 0 Å². The molecule has 3 rings (SSSR count). The summed E-state index contributed by atoms with van der Waals surface area (Å²) < 4.78 is 0. The number of nitrogens with two attached hydrogens (primary N) is 1. The first-order chi connectivity index (χ1) is 11.0. The van der Waals surface area contributed by atoms with Crippen molar-refractivity contribution in [2.24, 2.45) is 5.92 Å². The van der Waals surface area contributed by atoms with Crippen molar-refractivity contribution in [2.45, 2.75) is 64.8 Å². The Morgan fingerprint density at radius 2 is 2.09 bits per heavy atom. The smallest absolute Gasteiger partial charge is 0.0346 e. The van der Waals surface area contributed by atoms with Gasteiger partial charge in [0, 0.05) is 17.1 Å². The summed E-state index contributed by atoms with van der Waals surface area (Å²) in [6, 6.07) is 5.04. The molecule has 128 valence electrons. The summed E-state index contributed by atoms with van der Waals surface area (Å²) in [5.74, 6) is 0.684. The van der Waals surface area contributed by atoms with Gasteiger partial charge in [0.2, 0.25) is 0 Å². The van der Waals surface area contributed by atoms with Crippen molar-refractivity contribution in [1.82, 2.24) is 4.90 Å². The van der Waals surface area contributed by atoms with Gasteiger partial charge in [0.05, 0.1) is 0 Å². The minimum Gasteiger partial charge on any atom is -0.399 e. The minimum atomic E-state index is 0.290. The summed E-state index contributed by atoms with van der Waals surface area (Å²) in [7, 11) is 2.29. The van der Waals surface area contributed by atoms with Gasteiger partial charge in [-0.25, -0.2) is 0 Å². The van der Waals surface area contributed by atoms with E-state index in [9.17, 15) is 0 Å². The number of rotatable bonds is 3. The maximum Gasteiger partial charge on any atom is 0.0346 e. The summed E-state index contributed by atoms with van der Waals surface area (Å²) >= 11 is 0. The first-order valence-electron chi connectivity index (χ1n) is 9.21. The lowest BCUT2D eigenvalue weighted by molar-refractivity contribution is 0.0361. The number of likely N-dealkylation sites (tertiary alicyclic amines) is 1. The monoisotopic (exact) mass is 314 g/mol. The molecule has 0 aromatic heterocycles. The molecule has 23 heavy (non-hydrogen) atoms. The molecule has 3 atom stereocenters. The van der Waals surface area contributed by atoms with Crippen LogP contribution in [0.25, 0.3) is 0 Å². The fourth-order valence-electron chi connectivity index (χ4n) is 4.91.